The molecule has 19 heavy (non-hydrogen) atoms. The van der Waals surface area contributed by atoms with Crippen molar-refractivity contribution in [3.05, 3.63) is 23.8 Å². The Balaban J connectivity index is 2.08. The fourth-order valence-electron chi connectivity index (χ4n) is 2.16. The number of carbonyl (C=O) groups is 1. The van der Waals surface area contributed by atoms with Gasteiger partial charge in [-0.25, -0.2) is 0 Å². The summed E-state index contributed by atoms with van der Waals surface area (Å²) in [6.07, 6.45) is 2.43. The van der Waals surface area contributed by atoms with Gasteiger partial charge in [-0.1, -0.05) is 0 Å². The van der Waals surface area contributed by atoms with Crippen molar-refractivity contribution < 1.29 is 4.79 Å². The Morgan fingerprint density at radius 2 is 2.26 bits per heavy atom. The third-order valence-corrected chi connectivity index (χ3v) is 4.44. The summed E-state index contributed by atoms with van der Waals surface area (Å²) in [7, 11) is 3.48. The molecule has 1 aromatic rings. The Morgan fingerprint density at radius 1 is 1.47 bits per heavy atom. The minimum Gasteiger partial charge on any atom is -0.397 e. The fraction of sp³-hybridized carbons (Fsp3) is 0.500. The van der Waals surface area contributed by atoms with Gasteiger partial charge in [0.15, 0.2) is 0 Å². The molecule has 1 atom stereocenters. The molecule has 0 saturated carbocycles. The zero-order chi connectivity index (χ0) is 13.8. The van der Waals surface area contributed by atoms with Crippen molar-refractivity contribution >= 4 is 29.0 Å². The second kappa shape index (κ2) is 6.19. The fourth-order valence-corrected chi connectivity index (χ4v) is 3.23. The zero-order valence-corrected chi connectivity index (χ0v) is 12.3. The Morgan fingerprint density at radius 3 is 2.84 bits per heavy atom. The number of thioether (sulfide) groups is 1. The molecule has 1 fully saturated rings. The number of nitrogens with one attached hydrogen (secondary N) is 1. The van der Waals surface area contributed by atoms with Crippen LogP contribution in [0.15, 0.2) is 18.2 Å². The molecule has 104 valence electrons. The van der Waals surface area contributed by atoms with Crippen LogP contribution in [0.25, 0.3) is 0 Å². The van der Waals surface area contributed by atoms with E-state index in [1.54, 1.807) is 25.1 Å². The van der Waals surface area contributed by atoms with E-state index in [0.29, 0.717) is 17.3 Å². The van der Waals surface area contributed by atoms with Crippen molar-refractivity contribution in [2.45, 2.75) is 18.9 Å². The second-order valence-electron chi connectivity index (χ2n) is 5.06. The van der Waals surface area contributed by atoms with Crippen molar-refractivity contribution in [3.8, 4) is 0 Å². The van der Waals surface area contributed by atoms with Gasteiger partial charge in [0.05, 0.1) is 11.4 Å². The van der Waals surface area contributed by atoms with Gasteiger partial charge in [0, 0.05) is 31.5 Å². The summed E-state index contributed by atoms with van der Waals surface area (Å²) in [5.41, 5.74) is 8.24. The quantitative estimate of drug-likeness (QED) is 0.833. The maximum absolute atomic E-state index is 11.8. The number of amides is 1. The number of hydrogen-bond acceptors (Lipinski definition) is 4. The molecule has 1 aromatic carbocycles. The molecule has 1 aliphatic rings. The highest BCUT2D eigenvalue weighted by atomic mass is 32.2. The van der Waals surface area contributed by atoms with E-state index in [1.165, 1.54) is 18.6 Å². The SMILES string of the molecule is CN(C)C(=O)c1ccc(NC2CCCSC2)c(N)c1. The lowest BCUT2D eigenvalue weighted by Crippen LogP contribution is -2.26. The molecule has 4 nitrogen and oxygen atoms in total. The van der Waals surface area contributed by atoms with Crippen LogP contribution in [0.5, 0.6) is 0 Å². The van der Waals surface area contributed by atoms with E-state index >= 15 is 0 Å². The van der Waals surface area contributed by atoms with E-state index in [1.807, 2.05) is 23.9 Å². The topological polar surface area (TPSA) is 58.4 Å². The first-order valence-corrected chi connectivity index (χ1v) is 7.69. The first-order chi connectivity index (χ1) is 9.08. The number of carbonyl (C=O) groups excluding carboxylic acids is 1. The number of benzene rings is 1. The molecule has 0 aromatic heterocycles. The summed E-state index contributed by atoms with van der Waals surface area (Å²) in [6, 6.07) is 5.97. The predicted molar refractivity (Wildman–Crippen MR) is 82.8 cm³/mol. The molecule has 0 spiro atoms. The van der Waals surface area contributed by atoms with Crippen LogP contribution in [0.4, 0.5) is 11.4 Å². The Bertz CT molecular complexity index is 456. The standard InChI is InChI=1S/C14H21N3OS/c1-17(2)14(18)10-5-6-13(12(15)8-10)16-11-4-3-7-19-9-11/h5-6,8,11,16H,3-4,7,9,15H2,1-2H3. The summed E-state index contributed by atoms with van der Waals surface area (Å²) < 4.78 is 0. The third kappa shape index (κ3) is 3.56. The van der Waals surface area contributed by atoms with E-state index in [2.05, 4.69) is 5.32 Å². The number of rotatable bonds is 3. The monoisotopic (exact) mass is 279 g/mol. The predicted octanol–water partition coefficient (Wildman–Crippen LogP) is 2.28. The lowest BCUT2D eigenvalue weighted by Gasteiger charge is -2.24. The van der Waals surface area contributed by atoms with Crippen LogP contribution in [0.1, 0.15) is 23.2 Å². The first kappa shape index (κ1) is 14.1. The average Bonchev–Trinajstić information content (AvgIpc) is 2.41. The molecule has 1 unspecified atom stereocenters. The van der Waals surface area contributed by atoms with Crippen LogP contribution < -0.4 is 11.1 Å². The van der Waals surface area contributed by atoms with Gasteiger partial charge < -0.3 is 16.0 Å². The van der Waals surface area contributed by atoms with Crippen molar-refractivity contribution in [2.24, 2.45) is 0 Å². The second-order valence-corrected chi connectivity index (χ2v) is 6.21. The molecule has 1 aliphatic heterocycles. The summed E-state index contributed by atoms with van der Waals surface area (Å²) in [5, 5.41) is 3.47. The molecular formula is C14H21N3OS. The maximum atomic E-state index is 11.8. The summed E-state index contributed by atoms with van der Waals surface area (Å²) >= 11 is 1.98. The smallest absolute Gasteiger partial charge is 0.253 e. The minimum atomic E-state index is -0.0218. The highest BCUT2D eigenvalue weighted by molar-refractivity contribution is 7.99. The molecule has 0 bridgehead atoms. The molecule has 2 rings (SSSR count). The average molecular weight is 279 g/mol. The van der Waals surface area contributed by atoms with Gasteiger partial charge in [-0.2, -0.15) is 11.8 Å². The summed E-state index contributed by atoms with van der Waals surface area (Å²) in [4.78, 5) is 13.4. The maximum Gasteiger partial charge on any atom is 0.253 e. The lowest BCUT2D eigenvalue weighted by molar-refractivity contribution is 0.0827. The molecule has 5 heteroatoms. The van der Waals surface area contributed by atoms with E-state index in [0.717, 1.165) is 11.4 Å². The molecule has 0 aliphatic carbocycles. The van der Waals surface area contributed by atoms with Gasteiger partial charge in [-0.15, -0.1) is 0 Å². The van der Waals surface area contributed by atoms with Gasteiger partial charge in [0.25, 0.3) is 5.91 Å². The van der Waals surface area contributed by atoms with Crippen LogP contribution in [0.3, 0.4) is 0 Å². The van der Waals surface area contributed by atoms with Crippen LogP contribution in [0, 0.1) is 0 Å². The van der Waals surface area contributed by atoms with Crippen LogP contribution in [0.2, 0.25) is 0 Å². The molecule has 1 amide bonds. The van der Waals surface area contributed by atoms with E-state index in [4.69, 9.17) is 5.73 Å². The summed E-state index contributed by atoms with van der Waals surface area (Å²) in [5.74, 6) is 2.35. The van der Waals surface area contributed by atoms with Crippen molar-refractivity contribution in [1.82, 2.24) is 4.90 Å². The molecule has 1 saturated heterocycles. The number of nitrogen functional groups attached to an aromatic ring is 1. The van der Waals surface area contributed by atoms with Gasteiger partial charge in [0.2, 0.25) is 0 Å². The number of anilines is 2. The minimum absolute atomic E-state index is 0.0218. The Labute approximate surface area is 118 Å². The van der Waals surface area contributed by atoms with Gasteiger partial charge in [-0.05, 0) is 36.8 Å². The molecule has 1 heterocycles. The van der Waals surface area contributed by atoms with E-state index in [-0.39, 0.29) is 5.91 Å². The van der Waals surface area contributed by atoms with E-state index in [9.17, 15) is 4.79 Å². The van der Waals surface area contributed by atoms with Crippen molar-refractivity contribution in [3.63, 3.8) is 0 Å². The zero-order valence-electron chi connectivity index (χ0n) is 11.5. The Kier molecular flexibility index (Phi) is 4.58. The van der Waals surface area contributed by atoms with E-state index < -0.39 is 0 Å². The lowest BCUT2D eigenvalue weighted by atomic mass is 10.1. The van der Waals surface area contributed by atoms with Gasteiger partial charge in [0.1, 0.15) is 0 Å². The highest BCUT2D eigenvalue weighted by Crippen LogP contribution is 2.25. The summed E-state index contributed by atoms with van der Waals surface area (Å²) in [6.45, 7) is 0. The largest absolute Gasteiger partial charge is 0.397 e. The molecule has 3 N–H and O–H groups in total. The Hall–Kier alpha value is -1.36. The van der Waals surface area contributed by atoms with Crippen molar-refractivity contribution in [2.75, 3.05) is 36.7 Å². The number of nitrogens with two attached hydrogens (primary N) is 1. The number of hydrogen-bond donors (Lipinski definition) is 2. The first-order valence-electron chi connectivity index (χ1n) is 6.53. The van der Waals surface area contributed by atoms with Crippen LogP contribution in [-0.4, -0.2) is 42.4 Å². The van der Waals surface area contributed by atoms with Crippen molar-refractivity contribution in [1.29, 1.82) is 0 Å². The number of nitrogens with zero attached hydrogens (tertiary/aromatic N) is 1. The normalized spacial score (nSPS) is 18.9. The van der Waals surface area contributed by atoms with Gasteiger partial charge in [-0.3, -0.25) is 4.79 Å². The van der Waals surface area contributed by atoms with Crippen LogP contribution in [-0.2, 0) is 0 Å². The molecular weight excluding hydrogens is 258 g/mol. The third-order valence-electron chi connectivity index (χ3n) is 3.22. The van der Waals surface area contributed by atoms with Gasteiger partial charge >= 0.3 is 0 Å². The highest BCUT2D eigenvalue weighted by Gasteiger charge is 2.15. The van der Waals surface area contributed by atoms with Crippen LogP contribution >= 0.6 is 11.8 Å². The molecule has 0 radical (unpaired) electrons.